The molecule has 1 fully saturated rings. The SMILES string of the molecule is C=CCN1CC2CC(=C1/C=N/[S+]([O-])C(C)(C)C)C2. The lowest BCUT2D eigenvalue weighted by molar-refractivity contribution is 0.231. The largest absolute Gasteiger partial charge is 0.591 e. The van der Waals surface area contributed by atoms with Crippen LogP contribution in [0.15, 0.2) is 28.3 Å². The molecule has 1 atom stereocenters. The van der Waals surface area contributed by atoms with Crippen LogP contribution in [0.5, 0.6) is 0 Å². The number of rotatable bonds is 4. The molecular weight excluding hydrogens is 244 g/mol. The van der Waals surface area contributed by atoms with Gasteiger partial charge in [-0.3, -0.25) is 0 Å². The van der Waals surface area contributed by atoms with Crippen molar-refractivity contribution in [2.45, 2.75) is 38.4 Å². The molecule has 2 bridgehead atoms. The van der Waals surface area contributed by atoms with Gasteiger partial charge in [0.2, 0.25) is 0 Å². The summed E-state index contributed by atoms with van der Waals surface area (Å²) in [4.78, 5) is 2.30. The Hall–Kier alpha value is -0.740. The Labute approximate surface area is 113 Å². The second-order valence-electron chi connectivity index (χ2n) is 6.05. The minimum Gasteiger partial charge on any atom is -0.591 e. The third-order valence-electron chi connectivity index (χ3n) is 3.40. The van der Waals surface area contributed by atoms with Gasteiger partial charge in [-0.15, -0.1) is 6.58 Å². The van der Waals surface area contributed by atoms with E-state index in [2.05, 4.69) is 15.9 Å². The summed E-state index contributed by atoms with van der Waals surface area (Å²) in [5, 5.41) is 0. The van der Waals surface area contributed by atoms with E-state index in [0.29, 0.717) is 0 Å². The van der Waals surface area contributed by atoms with Crippen LogP contribution in [0.4, 0.5) is 0 Å². The topological polar surface area (TPSA) is 38.7 Å². The second-order valence-corrected chi connectivity index (χ2v) is 7.99. The minimum atomic E-state index is -1.17. The van der Waals surface area contributed by atoms with Crippen molar-refractivity contribution < 1.29 is 4.55 Å². The van der Waals surface area contributed by atoms with Crippen LogP contribution in [0.25, 0.3) is 0 Å². The molecule has 4 heteroatoms. The molecule has 0 saturated heterocycles. The van der Waals surface area contributed by atoms with Crippen molar-refractivity contribution in [1.82, 2.24) is 4.90 Å². The molecule has 3 nitrogen and oxygen atoms in total. The van der Waals surface area contributed by atoms with E-state index >= 15 is 0 Å². The van der Waals surface area contributed by atoms with Gasteiger partial charge in [-0.25, -0.2) is 0 Å². The van der Waals surface area contributed by atoms with Crippen molar-refractivity contribution >= 4 is 17.6 Å². The summed E-state index contributed by atoms with van der Waals surface area (Å²) in [6, 6.07) is 0. The molecule has 0 radical (unpaired) electrons. The highest BCUT2D eigenvalue weighted by atomic mass is 32.2. The molecule has 0 amide bonds. The smallest absolute Gasteiger partial charge is 0.144 e. The molecule has 0 aromatic heterocycles. The Morgan fingerprint density at radius 1 is 1.50 bits per heavy atom. The highest BCUT2D eigenvalue weighted by Gasteiger charge is 2.35. The van der Waals surface area contributed by atoms with Gasteiger partial charge < -0.3 is 9.45 Å². The van der Waals surface area contributed by atoms with Gasteiger partial charge >= 0.3 is 0 Å². The van der Waals surface area contributed by atoms with E-state index in [-0.39, 0.29) is 4.75 Å². The van der Waals surface area contributed by atoms with Gasteiger partial charge in [-0.05, 0) is 45.1 Å². The standard InChI is InChI=1S/C14H22N2OS/c1-5-6-16-10-11-7-12(8-11)13(16)9-15-18(17)14(2,3)4/h5,9,11H,1,6-8,10H2,2-4H3/b15-9+. The van der Waals surface area contributed by atoms with E-state index < -0.39 is 11.4 Å². The molecule has 1 saturated carbocycles. The lowest BCUT2D eigenvalue weighted by Gasteiger charge is -2.44. The number of fused-ring (bicyclic) bond motifs is 2. The molecule has 0 spiro atoms. The number of nitrogens with zero attached hydrogens (tertiary/aromatic N) is 2. The summed E-state index contributed by atoms with van der Waals surface area (Å²) in [6.07, 6.45) is 6.11. The Morgan fingerprint density at radius 2 is 2.17 bits per heavy atom. The fourth-order valence-electron chi connectivity index (χ4n) is 2.37. The fourth-order valence-corrected chi connectivity index (χ4v) is 2.88. The van der Waals surface area contributed by atoms with Gasteiger partial charge in [0.1, 0.15) is 22.3 Å². The number of allylic oxidation sites excluding steroid dienone is 2. The number of hydrogen-bond acceptors (Lipinski definition) is 3. The van der Waals surface area contributed by atoms with Crippen molar-refractivity contribution in [2.24, 2.45) is 10.3 Å². The normalized spacial score (nSPS) is 22.3. The van der Waals surface area contributed by atoms with Gasteiger partial charge in [0, 0.05) is 13.1 Å². The molecule has 0 aromatic carbocycles. The van der Waals surface area contributed by atoms with Gasteiger partial charge in [-0.2, -0.15) is 0 Å². The van der Waals surface area contributed by atoms with Crippen LogP contribution in [0, 0.1) is 5.92 Å². The molecule has 0 aromatic rings. The Kier molecular flexibility index (Phi) is 3.87. The summed E-state index contributed by atoms with van der Waals surface area (Å²) in [6.45, 7) is 11.6. The van der Waals surface area contributed by atoms with E-state index in [0.717, 1.165) is 19.0 Å². The van der Waals surface area contributed by atoms with E-state index in [1.807, 2.05) is 33.1 Å². The van der Waals surface area contributed by atoms with Crippen LogP contribution in [-0.4, -0.2) is 33.5 Å². The minimum absolute atomic E-state index is 0.290. The highest BCUT2D eigenvalue weighted by Crippen LogP contribution is 2.41. The molecule has 0 N–H and O–H groups in total. The molecule has 1 aliphatic carbocycles. The van der Waals surface area contributed by atoms with E-state index in [9.17, 15) is 4.55 Å². The highest BCUT2D eigenvalue weighted by molar-refractivity contribution is 7.91. The lowest BCUT2D eigenvalue weighted by Crippen LogP contribution is -2.41. The molecular formula is C14H22N2OS. The van der Waals surface area contributed by atoms with Crippen LogP contribution < -0.4 is 0 Å². The van der Waals surface area contributed by atoms with Crippen molar-refractivity contribution in [3.05, 3.63) is 23.9 Å². The lowest BCUT2D eigenvalue weighted by atomic mass is 9.75. The summed E-state index contributed by atoms with van der Waals surface area (Å²) in [5.74, 6) is 0.810. The van der Waals surface area contributed by atoms with Gasteiger partial charge in [0.05, 0.1) is 5.70 Å². The average molecular weight is 266 g/mol. The predicted octanol–water partition coefficient (Wildman–Crippen LogP) is 2.69. The van der Waals surface area contributed by atoms with Crippen LogP contribution in [0.3, 0.4) is 0 Å². The first-order valence-electron chi connectivity index (χ1n) is 6.45. The molecule has 2 aliphatic heterocycles. The first kappa shape index (κ1) is 13.7. The first-order chi connectivity index (χ1) is 8.41. The van der Waals surface area contributed by atoms with Crippen LogP contribution in [0.2, 0.25) is 0 Å². The van der Waals surface area contributed by atoms with E-state index in [4.69, 9.17) is 0 Å². The zero-order valence-electron chi connectivity index (χ0n) is 11.5. The average Bonchev–Trinajstić information content (AvgIpc) is 2.24. The Balaban J connectivity index is 2.11. The molecule has 100 valence electrons. The zero-order chi connectivity index (χ0) is 13.3. The van der Waals surface area contributed by atoms with E-state index in [1.54, 1.807) is 0 Å². The third-order valence-corrected chi connectivity index (χ3v) is 4.74. The molecule has 2 heterocycles. The molecule has 18 heavy (non-hydrogen) atoms. The van der Waals surface area contributed by atoms with Crippen molar-refractivity contribution in [3.8, 4) is 0 Å². The maximum Gasteiger partial charge on any atom is 0.144 e. The summed E-state index contributed by atoms with van der Waals surface area (Å²) < 4.78 is 15.9. The number of hydrogen-bond donors (Lipinski definition) is 0. The second kappa shape index (κ2) is 5.10. The van der Waals surface area contributed by atoms with Crippen molar-refractivity contribution in [3.63, 3.8) is 0 Å². The van der Waals surface area contributed by atoms with Crippen LogP contribution in [-0.2, 0) is 11.4 Å². The predicted molar refractivity (Wildman–Crippen MR) is 77.9 cm³/mol. The third kappa shape index (κ3) is 2.81. The maximum absolute atomic E-state index is 11.9. The Bertz CT molecular complexity index is 387. The van der Waals surface area contributed by atoms with Gasteiger partial charge in [-0.1, -0.05) is 10.5 Å². The molecule has 3 aliphatic rings. The first-order valence-corrected chi connectivity index (χ1v) is 7.56. The fraction of sp³-hybridized carbons (Fsp3) is 0.643. The van der Waals surface area contributed by atoms with Crippen LogP contribution in [0.1, 0.15) is 33.6 Å². The summed E-state index contributed by atoms with van der Waals surface area (Å²) in [5.41, 5.74) is 2.64. The van der Waals surface area contributed by atoms with Gasteiger partial charge in [0.15, 0.2) is 0 Å². The van der Waals surface area contributed by atoms with Crippen molar-refractivity contribution in [1.29, 1.82) is 0 Å². The molecule has 3 rings (SSSR count). The van der Waals surface area contributed by atoms with Crippen molar-refractivity contribution in [2.75, 3.05) is 13.1 Å². The Morgan fingerprint density at radius 3 is 2.72 bits per heavy atom. The molecule has 1 unspecified atom stereocenters. The van der Waals surface area contributed by atoms with Gasteiger partial charge in [0.25, 0.3) is 0 Å². The van der Waals surface area contributed by atoms with E-state index in [1.165, 1.54) is 24.1 Å². The summed E-state index contributed by atoms with van der Waals surface area (Å²) in [7, 11) is 0. The maximum atomic E-state index is 11.9. The summed E-state index contributed by atoms with van der Waals surface area (Å²) >= 11 is -1.17. The quantitative estimate of drug-likeness (QED) is 0.446. The van der Waals surface area contributed by atoms with Crippen LogP contribution >= 0.6 is 0 Å². The monoisotopic (exact) mass is 266 g/mol. The zero-order valence-corrected chi connectivity index (χ0v) is 12.3.